The Balaban J connectivity index is 2.56. The van der Waals surface area contributed by atoms with Crippen molar-refractivity contribution in [2.75, 3.05) is 0 Å². The normalized spacial score (nSPS) is 12.9. The van der Waals surface area contributed by atoms with E-state index < -0.39 is 5.97 Å². The summed E-state index contributed by atoms with van der Waals surface area (Å²) >= 11 is 1.45. The summed E-state index contributed by atoms with van der Waals surface area (Å²) in [5, 5.41) is 13.2. The summed E-state index contributed by atoms with van der Waals surface area (Å²) in [5.74, 6) is -0.0697. The highest BCUT2D eigenvalue weighted by Crippen LogP contribution is 2.21. The molecule has 0 aliphatic heterocycles. The van der Waals surface area contributed by atoms with Crippen molar-refractivity contribution >= 4 is 17.7 Å². The van der Waals surface area contributed by atoms with Gasteiger partial charge in [0.1, 0.15) is 5.25 Å². The van der Waals surface area contributed by atoms with Crippen LogP contribution >= 0.6 is 11.8 Å². The van der Waals surface area contributed by atoms with Gasteiger partial charge in [0.05, 0.1) is 11.7 Å². The van der Waals surface area contributed by atoms with Gasteiger partial charge in [-0.3, -0.25) is 9.48 Å². The van der Waals surface area contributed by atoms with Crippen LogP contribution in [-0.2, 0) is 10.5 Å². The largest absolute Gasteiger partial charge is 0.480 e. The third kappa shape index (κ3) is 4.05. The van der Waals surface area contributed by atoms with Gasteiger partial charge in [-0.25, -0.2) is 0 Å². The van der Waals surface area contributed by atoms with E-state index in [0.29, 0.717) is 18.2 Å². The molecule has 1 rings (SSSR count). The average Bonchev–Trinajstić information content (AvgIpc) is 2.80. The summed E-state index contributed by atoms with van der Waals surface area (Å²) in [7, 11) is 0. The van der Waals surface area contributed by atoms with E-state index >= 15 is 0 Å². The maximum atomic E-state index is 10.9. The minimum Gasteiger partial charge on any atom is -0.480 e. The fourth-order valence-corrected chi connectivity index (χ4v) is 2.77. The molecule has 0 spiro atoms. The van der Waals surface area contributed by atoms with Crippen molar-refractivity contribution in [3.8, 4) is 0 Å². The van der Waals surface area contributed by atoms with E-state index in [2.05, 4.69) is 18.9 Å². The van der Waals surface area contributed by atoms with E-state index in [9.17, 15) is 4.79 Å². The Bertz CT molecular complexity index is 375. The summed E-state index contributed by atoms with van der Waals surface area (Å²) < 4.78 is 2.00. The fraction of sp³-hybridized carbons (Fsp3) is 0.692. The third-order valence-corrected chi connectivity index (χ3v) is 4.46. The second-order valence-electron chi connectivity index (χ2n) is 4.30. The Morgan fingerprint density at radius 2 is 2.06 bits per heavy atom. The summed E-state index contributed by atoms with van der Waals surface area (Å²) in [6.45, 7) is 6.21. The molecule has 0 saturated heterocycles. The first-order valence-corrected chi connectivity index (χ1v) is 7.55. The van der Waals surface area contributed by atoms with Gasteiger partial charge in [-0.2, -0.15) is 5.10 Å². The predicted octanol–water partition coefficient (Wildman–Crippen LogP) is 3.34. The van der Waals surface area contributed by atoms with Gasteiger partial charge in [-0.15, -0.1) is 11.8 Å². The van der Waals surface area contributed by atoms with Gasteiger partial charge >= 0.3 is 5.97 Å². The van der Waals surface area contributed by atoms with E-state index in [1.54, 1.807) is 0 Å². The van der Waals surface area contributed by atoms with Crippen molar-refractivity contribution in [3.63, 3.8) is 0 Å². The van der Waals surface area contributed by atoms with Crippen LogP contribution in [-0.4, -0.2) is 26.1 Å². The maximum Gasteiger partial charge on any atom is 0.316 e. The van der Waals surface area contributed by atoms with Crippen LogP contribution in [0.5, 0.6) is 0 Å². The molecule has 0 aliphatic rings. The van der Waals surface area contributed by atoms with E-state index in [1.807, 2.05) is 23.9 Å². The Morgan fingerprint density at radius 3 is 2.56 bits per heavy atom. The number of carboxylic acid groups (broad SMARTS) is 1. The smallest absolute Gasteiger partial charge is 0.316 e. The van der Waals surface area contributed by atoms with Crippen LogP contribution in [0.2, 0.25) is 0 Å². The highest BCUT2D eigenvalue weighted by atomic mass is 32.2. The monoisotopic (exact) mass is 270 g/mol. The number of hydrogen-bond donors (Lipinski definition) is 1. The highest BCUT2D eigenvalue weighted by Gasteiger charge is 2.16. The molecule has 1 heterocycles. The summed E-state index contributed by atoms with van der Waals surface area (Å²) in [5.41, 5.74) is 0.964. The lowest BCUT2D eigenvalue weighted by Crippen LogP contribution is -2.15. The Hall–Kier alpha value is -0.970. The first-order chi connectivity index (χ1) is 8.62. The molecular weight excluding hydrogens is 248 g/mol. The minimum absolute atomic E-state index is 0.330. The maximum absolute atomic E-state index is 10.9. The number of thioether (sulfide) groups is 1. The number of aromatic nitrogens is 2. The zero-order valence-corrected chi connectivity index (χ0v) is 12.1. The molecule has 1 unspecified atom stereocenters. The number of hydrogen-bond acceptors (Lipinski definition) is 3. The quantitative estimate of drug-likeness (QED) is 0.787. The van der Waals surface area contributed by atoms with Crippen molar-refractivity contribution < 1.29 is 9.90 Å². The molecule has 1 N–H and O–H groups in total. The number of carbonyl (C=O) groups is 1. The zero-order valence-electron chi connectivity index (χ0n) is 11.3. The van der Waals surface area contributed by atoms with Crippen LogP contribution in [0.25, 0.3) is 0 Å². The Labute approximate surface area is 113 Å². The molecule has 1 aromatic rings. The topological polar surface area (TPSA) is 55.1 Å². The van der Waals surface area contributed by atoms with Gasteiger partial charge in [-0.05, 0) is 25.3 Å². The first kappa shape index (κ1) is 15.1. The molecule has 0 aromatic carbocycles. The first-order valence-electron chi connectivity index (χ1n) is 6.50. The second kappa shape index (κ2) is 7.46. The molecule has 102 valence electrons. The van der Waals surface area contributed by atoms with Gasteiger partial charge in [0.25, 0.3) is 0 Å². The number of nitrogens with zero attached hydrogens (tertiary/aromatic N) is 2. The third-order valence-electron chi connectivity index (χ3n) is 3.06. The van der Waals surface area contributed by atoms with Crippen LogP contribution in [0.4, 0.5) is 0 Å². The van der Waals surface area contributed by atoms with Crippen LogP contribution < -0.4 is 0 Å². The van der Waals surface area contributed by atoms with Crippen molar-refractivity contribution in [2.24, 2.45) is 0 Å². The fourth-order valence-electron chi connectivity index (χ4n) is 1.87. The van der Waals surface area contributed by atoms with Crippen molar-refractivity contribution in [1.82, 2.24) is 9.78 Å². The Morgan fingerprint density at radius 1 is 1.39 bits per heavy atom. The highest BCUT2D eigenvalue weighted by molar-refractivity contribution is 7.99. The lowest BCUT2D eigenvalue weighted by atomic mass is 10.2. The number of rotatable bonds is 8. The van der Waals surface area contributed by atoms with Gasteiger partial charge < -0.3 is 5.11 Å². The molecule has 0 aliphatic carbocycles. The van der Waals surface area contributed by atoms with E-state index in [-0.39, 0.29) is 5.25 Å². The van der Waals surface area contributed by atoms with Crippen molar-refractivity contribution in [3.05, 3.63) is 18.0 Å². The lowest BCUT2D eigenvalue weighted by molar-refractivity contribution is -0.136. The lowest BCUT2D eigenvalue weighted by Gasteiger charge is -2.12. The molecule has 0 amide bonds. The molecule has 0 fully saturated rings. The van der Waals surface area contributed by atoms with Gasteiger partial charge in [0.15, 0.2) is 0 Å². The van der Waals surface area contributed by atoms with Crippen LogP contribution in [0, 0.1) is 0 Å². The van der Waals surface area contributed by atoms with Crippen molar-refractivity contribution in [1.29, 1.82) is 0 Å². The molecule has 0 saturated carbocycles. The van der Waals surface area contributed by atoms with Gasteiger partial charge in [0, 0.05) is 11.9 Å². The molecule has 5 heteroatoms. The van der Waals surface area contributed by atoms with E-state index in [4.69, 9.17) is 5.11 Å². The summed E-state index contributed by atoms with van der Waals surface area (Å²) in [6.07, 6.45) is 4.78. The molecule has 1 aromatic heterocycles. The van der Waals surface area contributed by atoms with Crippen molar-refractivity contribution in [2.45, 2.75) is 57.1 Å². The summed E-state index contributed by atoms with van der Waals surface area (Å²) in [4.78, 5) is 10.9. The standard InChI is InChI=1S/C13H22N2O2S/c1-4-11(5-2)15-8-7-10(14-15)9-18-12(6-3)13(16)17/h7-8,11-12H,4-6,9H2,1-3H3,(H,16,17). The van der Waals surface area contributed by atoms with E-state index in [1.165, 1.54) is 11.8 Å². The molecular formula is C13H22N2O2S. The molecule has 4 nitrogen and oxygen atoms in total. The van der Waals surface area contributed by atoms with Gasteiger partial charge in [-0.1, -0.05) is 20.8 Å². The molecule has 1 atom stereocenters. The average molecular weight is 270 g/mol. The van der Waals surface area contributed by atoms with Crippen LogP contribution in [0.1, 0.15) is 51.8 Å². The Kier molecular flexibility index (Phi) is 6.25. The van der Waals surface area contributed by atoms with E-state index in [0.717, 1.165) is 18.5 Å². The zero-order chi connectivity index (χ0) is 13.5. The summed E-state index contributed by atoms with van der Waals surface area (Å²) in [6, 6.07) is 2.44. The van der Waals surface area contributed by atoms with Crippen LogP contribution in [0.3, 0.4) is 0 Å². The number of aliphatic carboxylic acids is 1. The van der Waals surface area contributed by atoms with Crippen LogP contribution in [0.15, 0.2) is 12.3 Å². The number of carboxylic acids is 1. The molecule has 18 heavy (non-hydrogen) atoms. The second-order valence-corrected chi connectivity index (χ2v) is 5.49. The van der Waals surface area contributed by atoms with Gasteiger partial charge in [0.2, 0.25) is 0 Å². The minimum atomic E-state index is -0.734. The molecule has 0 bridgehead atoms. The predicted molar refractivity (Wildman–Crippen MR) is 74.9 cm³/mol. The molecule has 0 radical (unpaired) electrons. The SMILES string of the molecule is CCC(SCc1ccn(C(CC)CC)n1)C(=O)O.